The van der Waals surface area contributed by atoms with Gasteiger partial charge in [0, 0.05) is 11.0 Å². The Bertz CT molecular complexity index is 584. The lowest BCUT2D eigenvalue weighted by atomic mass is 10.3. The standard InChI is InChI=1S/C12H8BrClN2OS/c13-10-6-8(7-15-12(10)14)16-11(17)4-3-9-2-1-5-18-9/h1-7H,(H,16,17)/b4-3+. The van der Waals surface area contributed by atoms with Crippen LogP contribution in [0.2, 0.25) is 5.15 Å². The van der Waals surface area contributed by atoms with E-state index in [1.165, 1.54) is 12.3 Å². The molecule has 2 aromatic heterocycles. The van der Waals surface area contributed by atoms with E-state index in [1.807, 2.05) is 17.5 Å². The fraction of sp³-hybridized carbons (Fsp3) is 0. The van der Waals surface area contributed by atoms with Crippen LogP contribution in [-0.4, -0.2) is 10.9 Å². The Morgan fingerprint density at radius 2 is 2.39 bits per heavy atom. The number of carbonyl (C=O) groups is 1. The summed E-state index contributed by atoms with van der Waals surface area (Å²) in [6.45, 7) is 0. The molecule has 0 saturated carbocycles. The highest BCUT2D eigenvalue weighted by Gasteiger charge is 2.02. The highest BCUT2D eigenvalue weighted by molar-refractivity contribution is 9.10. The fourth-order valence-electron chi connectivity index (χ4n) is 1.22. The zero-order valence-corrected chi connectivity index (χ0v) is 12.2. The maximum atomic E-state index is 11.6. The molecule has 1 N–H and O–H groups in total. The van der Waals surface area contributed by atoms with E-state index in [1.54, 1.807) is 23.5 Å². The van der Waals surface area contributed by atoms with Crippen LogP contribution in [0.5, 0.6) is 0 Å². The van der Waals surface area contributed by atoms with Crippen molar-refractivity contribution < 1.29 is 4.79 Å². The van der Waals surface area contributed by atoms with Crippen LogP contribution in [0, 0.1) is 0 Å². The molecule has 0 fully saturated rings. The van der Waals surface area contributed by atoms with Gasteiger partial charge in [0.2, 0.25) is 5.91 Å². The summed E-state index contributed by atoms with van der Waals surface area (Å²) in [7, 11) is 0. The summed E-state index contributed by atoms with van der Waals surface area (Å²) < 4.78 is 0.643. The quantitative estimate of drug-likeness (QED) is 0.670. The molecule has 0 bridgehead atoms. The van der Waals surface area contributed by atoms with Crippen molar-refractivity contribution in [3.8, 4) is 0 Å². The average molecular weight is 344 g/mol. The van der Waals surface area contributed by atoms with Gasteiger partial charge in [-0.3, -0.25) is 4.79 Å². The van der Waals surface area contributed by atoms with Crippen molar-refractivity contribution in [2.45, 2.75) is 0 Å². The van der Waals surface area contributed by atoms with Gasteiger partial charge in [0.1, 0.15) is 5.15 Å². The maximum absolute atomic E-state index is 11.6. The van der Waals surface area contributed by atoms with Crippen LogP contribution in [-0.2, 0) is 4.79 Å². The van der Waals surface area contributed by atoms with Crippen LogP contribution in [0.4, 0.5) is 5.69 Å². The number of nitrogens with one attached hydrogen (secondary N) is 1. The Morgan fingerprint density at radius 1 is 1.56 bits per heavy atom. The largest absolute Gasteiger partial charge is 0.321 e. The van der Waals surface area contributed by atoms with E-state index in [2.05, 4.69) is 26.2 Å². The number of hydrogen-bond donors (Lipinski definition) is 1. The van der Waals surface area contributed by atoms with E-state index in [9.17, 15) is 4.79 Å². The molecule has 18 heavy (non-hydrogen) atoms. The first-order valence-electron chi connectivity index (χ1n) is 4.99. The van der Waals surface area contributed by atoms with Crippen LogP contribution in [0.25, 0.3) is 6.08 Å². The molecule has 0 radical (unpaired) electrons. The molecule has 0 saturated heterocycles. The SMILES string of the molecule is O=C(/C=C/c1cccs1)Nc1cnc(Cl)c(Br)c1. The summed E-state index contributed by atoms with van der Waals surface area (Å²) >= 11 is 10.6. The number of amides is 1. The second kappa shape index (κ2) is 6.13. The molecular formula is C12H8BrClN2OS. The molecule has 0 spiro atoms. The van der Waals surface area contributed by atoms with Crippen molar-refractivity contribution >= 4 is 56.5 Å². The first-order valence-corrected chi connectivity index (χ1v) is 7.04. The Labute approximate surface area is 122 Å². The van der Waals surface area contributed by atoms with Crippen LogP contribution in [0.3, 0.4) is 0 Å². The zero-order valence-electron chi connectivity index (χ0n) is 9.06. The van der Waals surface area contributed by atoms with Gasteiger partial charge in [0.05, 0.1) is 16.4 Å². The number of nitrogens with zero attached hydrogens (tertiary/aromatic N) is 1. The van der Waals surface area contributed by atoms with Gasteiger partial charge in [-0.2, -0.15) is 0 Å². The Balaban J connectivity index is 2.01. The number of halogens is 2. The van der Waals surface area contributed by atoms with E-state index < -0.39 is 0 Å². The van der Waals surface area contributed by atoms with Crippen LogP contribution >= 0.6 is 38.9 Å². The van der Waals surface area contributed by atoms with Gasteiger partial charge in [0.25, 0.3) is 0 Å². The van der Waals surface area contributed by atoms with Gasteiger partial charge in [0.15, 0.2) is 0 Å². The number of rotatable bonds is 3. The van der Waals surface area contributed by atoms with Gasteiger partial charge in [-0.15, -0.1) is 11.3 Å². The summed E-state index contributed by atoms with van der Waals surface area (Å²) in [5.41, 5.74) is 0.590. The lowest BCUT2D eigenvalue weighted by molar-refractivity contribution is -0.111. The van der Waals surface area contributed by atoms with E-state index in [0.717, 1.165) is 4.88 Å². The third kappa shape index (κ3) is 3.66. The van der Waals surface area contributed by atoms with Crippen LogP contribution in [0.1, 0.15) is 4.88 Å². The van der Waals surface area contributed by atoms with Crippen molar-refractivity contribution in [3.63, 3.8) is 0 Å². The Hall–Kier alpha value is -1.17. The molecule has 2 rings (SSSR count). The predicted molar refractivity (Wildman–Crippen MR) is 78.9 cm³/mol. The van der Waals surface area contributed by atoms with Crippen molar-refractivity contribution in [1.29, 1.82) is 0 Å². The molecule has 0 unspecified atom stereocenters. The van der Waals surface area contributed by atoms with E-state index in [-0.39, 0.29) is 5.91 Å². The molecule has 0 atom stereocenters. The van der Waals surface area contributed by atoms with E-state index in [0.29, 0.717) is 15.3 Å². The lowest BCUT2D eigenvalue weighted by Gasteiger charge is -2.02. The van der Waals surface area contributed by atoms with Gasteiger partial charge < -0.3 is 5.32 Å². The van der Waals surface area contributed by atoms with E-state index >= 15 is 0 Å². The number of hydrogen-bond acceptors (Lipinski definition) is 3. The Morgan fingerprint density at radius 3 is 3.06 bits per heavy atom. The minimum atomic E-state index is -0.209. The molecule has 0 aliphatic heterocycles. The Kier molecular flexibility index (Phi) is 4.52. The summed E-state index contributed by atoms with van der Waals surface area (Å²) in [5.74, 6) is -0.209. The molecule has 0 aliphatic carbocycles. The minimum absolute atomic E-state index is 0.209. The van der Waals surface area contributed by atoms with E-state index in [4.69, 9.17) is 11.6 Å². The number of aromatic nitrogens is 1. The smallest absolute Gasteiger partial charge is 0.248 e. The number of pyridine rings is 1. The van der Waals surface area contributed by atoms with Crippen LogP contribution in [0.15, 0.2) is 40.3 Å². The molecule has 0 aliphatic rings. The van der Waals surface area contributed by atoms with Gasteiger partial charge in [-0.05, 0) is 39.5 Å². The van der Waals surface area contributed by atoms with Crippen molar-refractivity contribution in [3.05, 3.63) is 50.4 Å². The van der Waals surface area contributed by atoms with Gasteiger partial charge in [-0.1, -0.05) is 17.7 Å². The second-order valence-electron chi connectivity index (χ2n) is 3.33. The number of anilines is 1. The zero-order chi connectivity index (χ0) is 13.0. The molecular weight excluding hydrogens is 336 g/mol. The summed E-state index contributed by atoms with van der Waals surface area (Å²) in [4.78, 5) is 16.6. The highest BCUT2D eigenvalue weighted by Crippen LogP contribution is 2.22. The van der Waals surface area contributed by atoms with Crippen molar-refractivity contribution in [2.75, 3.05) is 5.32 Å². The summed E-state index contributed by atoms with van der Waals surface area (Å²) in [5, 5.41) is 5.02. The molecule has 6 heteroatoms. The van der Waals surface area contributed by atoms with Crippen LogP contribution < -0.4 is 5.32 Å². The molecule has 1 amide bonds. The van der Waals surface area contributed by atoms with Crippen molar-refractivity contribution in [2.24, 2.45) is 0 Å². The average Bonchev–Trinajstić information content (AvgIpc) is 2.84. The van der Waals surface area contributed by atoms with Gasteiger partial charge in [-0.25, -0.2) is 4.98 Å². The monoisotopic (exact) mass is 342 g/mol. The third-order valence-electron chi connectivity index (χ3n) is 2.01. The fourth-order valence-corrected chi connectivity index (χ4v) is 2.29. The molecule has 3 nitrogen and oxygen atoms in total. The summed E-state index contributed by atoms with van der Waals surface area (Å²) in [6.07, 6.45) is 4.75. The summed E-state index contributed by atoms with van der Waals surface area (Å²) in [6, 6.07) is 5.57. The first-order chi connectivity index (χ1) is 8.65. The van der Waals surface area contributed by atoms with Crippen molar-refractivity contribution in [1.82, 2.24) is 4.98 Å². The number of carbonyl (C=O) groups excluding carboxylic acids is 1. The molecule has 2 heterocycles. The third-order valence-corrected chi connectivity index (χ3v) is 3.98. The highest BCUT2D eigenvalue weighted by atomic mass is 79.9. The lowest BCUT2D eigenvalue weighted by Crippen LogP contribution is -2.07. The normalized spacial score (nSPS) is 10.8. The van der Waals surface area contributed by atoms with Gasteiger partial charge >= 0.3 is 0 Å². The maximum Gasteiger partial charge on any atom is 0.248 e. The number of thiophene rings is 1. The second-order valence-corrected chi connectivity index (χ2v) is 5.53. The molecule has 0 aromatic carbocycles. The minimum Gasteiger partial charge on any atom is -0.321 e. The first kappa shape index (κ1) is 13.3. The molecule has 92 valence electrons. The predicted octanol–water partition coefficient (Wildman–Crippen LogP) is 4.21. The molecule has 2 aromatic rings. The topological polar surface area (TPSA) is 42.0 Å².